The van der Waals surface area contributed by atoms with E-state index in [4.69, 9.17) is 60.7 Å². The fourth-order valence-electron chi connectivity index (χ4n) is 1.49. The average Bonchev–Trinajstić information content (AvgIpc) is 2.50. The first-order chi connectivity index (χ1) is 11.5. The van der Waals surface area contributed by atoms with Gasteiger partial charge in [-0.15, -0.1) is 0 Å². The number of ether oxygens (including phenoxy) is 2. The summed E-state index contributed by atoms with van der Waals surface area (Å²) >= 11 is 22.7. The SMILES string of the molecule is Oc1cc(Cl)c(OCCCCOC=CNOCC=C(Cl)Cl)c(Cl)c1. The summed E-state index contributed by atoms with van der Waals surface area (Å²) in [6.45, 7) is 1.20. The average molecular weight is 417 g/mol. The number of halogens is 4. The van der Waals surface area contributed by atoms with E-state index in [2.05, 4.69) is 5.48 Å². The van der Waals surface area contributed by atoms with Crippen molar-refractivity contribution in [2.45, 2.75) is 12.8 Å². The van der Waals surface area contributed by atoms with Gasteiger partial charge in [0, 0.05) is 12.1 Å². The summed E-state index contributed by atoms with van der Waals surface area (Å²) in [5.74, 6) is 0.362. The van der Waals surface area contributed by atoms with Crippen molar-refractivity contribution in [3.63, 3.8) is 0 Å². The van der Waals surface area contributed by atoms with Crippen LogP contribution in [0.4, 0.5) is 0 Å². The minimum Gasteiger partial charge on any atom is -0.508 e. The molecule has 0 aliphatic carbocycles. The summed E-state index contributed by atoms with van der Waals surface area (Å²) in [4.78, 5) is 4.94. The van der Waals surface area contributed by atoms with Crippen molar-refractivity contribution in [3.8, 4) is 11.5 Å². The molecule has 9 heteroatoms. The van der Waals surface area contributed by atoms with Crippen molar-refractivity contribution in [3.05, 3.63) is 45.2 Å². The van der Waals surface area contributed by atoms with Gasteiger partial charge in [-0.1, -0.05) is 46.4 Å². The number of hydrogen-bond acceptors (Lipinski definition) is 5. The molecule has 0 spiro atoms. The highest BCUT2D eigenvalue weighted by Gasteiger charge is 2.09. The molecule has 134 valence electrons. The monoisotopic (exact) mass is 415 g/mol. The predicted octanol–water partition coefficient (Wildman–Crippen LogP) is 5.19. The smallest absolute Gasteiger partial charge is 0.156 e. The Labute approximate surface area is 160 Å². The quantitative estimate of drug-likeness (QED) is 0.295. The number of hydroxylamine groups is 1. The number of unbranched alkanes of at least 4 members (excludes halogenated alkanes) is 1. The molecule has 0 aliphatic heterocycles. The molecule has 0 aromatic heterocycles. The van der Waals surface area contributed by atoms with E-state index in [1.807, 2.05) is 0 Å². The first-order valence-electron chi connectivity index (χ1n) is 6.96. The van der Waals surface area contributed by atoms with Crippen LogP contribution in [0.2, 0.25) is 10.0 Å². The van der Waals surface area contributed by atoms with Crippen molar-refractivity contribution < 1.29 is 19.4 Å². The number of benzene rings is 1. The van der Waals surface area contributed by atoms with Gasteiger partial charge in [-0.3, -0.25) is 10.3 Å². The predicted molar refractivity (Wildman–Crippen MR) is 96.8 cm³/mol. The Morgan fingerprint density at radius 3 is 2.46 bits per heavy atom. The zero-order chi connectivity index (χ0) is 17.8. The lowest BCUT2D eigenvalue weighted by atomic mass is 10.3. The van der Waals surface area contributed by atoms with Crippen LogP contribution in [0.25, 0.3) is 0 Å². The van der Waals surface area contributed by atoms with Gasteiger partial charge in [-0.05, 0) is 18.9 Å². The molecule has 5 nitrogen and oxygen atoms in total. The number of hydrogen-bond donors (Lipinski definition) is 2. The topological polar surface area (TPSA) is 60.0 Å². The van der Waals surface area contributed by atoms with Crippen LogP contribution < -0.4 is 10.2 Å². The third-order valence-electron chi connectivity index (χ3n) is 2.52. The molecule has 2 N–H and O–H groups in total. The Bertz CT molecular complexity index is 539. The number of phenols is 1. The van der Waals surface area contributed by atoms with Gasteiger partial charge in [-0.25, -0.2) is 0 Å². The summed E-state index contributed by atoms with van der Waals surface area (Å²) in [6.07, 6.45) is 6.01. The maximum Gasteiger partial charge on any atom is 0.156 e. The van der Waals surface area contributed by atoms with Gasteiger partial charge >= 0.3 is 0 Å². The molecule has 1 aromatic carbocycles. The van der Waals surface area contributed by atoms with Crippen LogP contribution in [0.3, 0.4) is 0 Å². The highest BCUT2D eigenvalue weighted by molar-refractivity contribution is 6.55. The molecule has 1 aromatic rings. The molecule has 0 saturated carbocycles. The van der Waals surface area contributed by atoms with E-state index in [1.165, 1.54) is 30.7 Å². The summed E-state index contributed by atoms with van der Waals surface area (Å²) < 4.78 is 10.9. The lowest BCUT2D eigenvalue weighted by Gasteiger charge is -2.10. The van der Waals surface area contributed by atoms with Crippen LogP contribution in [0.1, 0.15) is 12.8 Å². The largest absolute Gasteiger partial charge is 0.508 e. The van der Waals surface area contributed by atoms with Crippen molar-refractivity contribution in [1.29, 1.82) is 0 Å². The molecule has 0 bridgehead atoms. The van der Waals surface area contributed by atoms with Crippen molar-refractivity contribution in [2.75, 3.05) is 19.8 Å². The highest BCUT2D eigenvalue weighted by Crippen LogP contribution is 2.36. The first kappa shape index (κ1) is 21.1. The van der Waals surface area contributed by atoms with Gasteiger partial charge in [0.2, 0.25) is 0 Å². The second-order valence-corrected chi connectivity index (χ2v) is 6.21. The molecule has 1 rings (SSSR count). The summed E-state index contributed by atoms with van der Waals surface area (Å²) in [7, 11) is 0. The van der Waals surface area contributed by atoms with Gasteiger partial charge in [-0.2, -0.15) is 0 Å². The van der Waals surface area contributed by atoms with Gasteiger partial charge in [0.05, 0.1) is 36.1 Å². The van der Waals surface area contributed by atoms with Crippen LogP contribution >= 0.6 is 46.4 Å². The van der Waals surface area contributed by atoms with Crippen LogP contribution in [0, 0.1) is 0 Å². The third-order valence-corrected chi connectivity index (χ3v) is 3.39. The molecular formula is C15H17Cl4NO4. The Hall–Kier alpha value is -0.980. The van der Waals surface area contributed by atoms with Crippen LogP contribution in [-0.4, -0.2) is 24.9 Å². The Morgan fingerprint density at radius 1 is 1.12 bits per heavy atom. The Kier molecular flexibility index (Phi) is 10.9. The minimum absolute atomic E-state index is 0.00287. The normalized spacial score (nSPS) is 10.7. The van der Waals surface area contributed by atoms with Crippen molar-refractivity contribution in [1.82, 2.24) is 5.48 Å². The molecule has 0 atom stereocenters. The number of rotatable bonds is 11. The highest BCUT2D eigenvalue weighted by atomic mass is 35.5. The lowest BCUT2D eigenvalue weighted by Crippen LogP contribution is -2.06. The molecule has 0 amide bonds. The van der Waals surface area contributed by atoms with E-state index < -0.39 is 0 Å². The van der Waals surface area contributed by atoms with Gasteiger partial charge in [0.15, 0.2) is 5.75 Å². The van der Waals surface area contributed by atoms with Crippen LogP contribution in [-0.2, 0) is 9.57 Å². The maximum atomic E-state index is 9.33. The fourth-order valence-corrected chi connectivity index (χ4v) is 2.20. The molecule has 0 saturated heterocycles. The minimum atomic E-state index is -0.00287. The van der Waals surface area contributed by atoms with Crippen molar-refractivity contribution in [2.24, 2.45) is 0 Å². The Balaban J connectivity index is 2.06. The summed E-state index contributed by atoms with van der Waals surface area (Å²) in [6, 6.07) is 2.76. The standard InChI is InChI=1S/C15H17Cl4NO4/c16-12-9-11(21)10-13(17)15(12)23-6-2-1-5-22-8-4-20-24-7-3-14(18)19/h3-4,8-10,20-21H,1-2,5-7H2. The van der Waals surface area contributed by atoms with E-state index in [1.54, 1.807) is 0 Å². The molecule has 0 heterocycles. The molecule has 24 heavy (non-hydrogen) atoms. The second-order valence-electron chi connectivity index (χ2n) is 4.39. The first-order valence-corrected chi connectivity index (χ1v) is 8.48. The Morgan fingerprint density at radius 2 is 1.79 bits per heavy atom. The van der Waals surface area contributed by atoms with Gasteiger partial charge in [0.1, 0.15) is 16.5 Å². The molecule has 0 fully saturated rings. The van der Waals surface area contributed by atoms with Gasteiger partial charge < -0.3 is 14.6 Å². The lowest BCUT2D eigenvalue weighted by molar-refractivity contribution is 0.0920. The van der Waals surface area contributed by atoms with E-state index in [0.717, 1.165) is 12.8 Å². The molecular weight excluding hydrogens is 400 g/mol. The third kappa shape index (κ3) is 9.35. The summed E-state index contributed by atoms with van der Waals surface area (Å²) in [5.41, 5.74) is 2.54. The van der Waals surface area contributed by atoms with E-state index >= 15 is 0 Å². The molecule has 0 radical (unpaired) electrons. The van der Waals surface area contributed by atoms with Crippen LogP contribution in [0.15, 0.2) is 35.2 Å². The van der Waals surface area contributed by atoms with Crippen molar-refractivity contribution >= 4 is 46.4 Å². The van der Waals surface area contributed by atoms with E-state index in [-0.39, 0.29) is 26.9 Å². The maximum absolute atomic E-state index is 9.33. The van der Waals surface area contributed by atoms with Gasteiger partial charge in [0.25, 0.3) is 0 Å². The number of aromatic hydroxyl groups is 1. The summed E-state index contributed by atoms with van der Waals surface area (Å²) in [5, 5.41) is 9.87. The molecule has 0 aliphatic rings. The van der Waals surface area contributed by atoms with Crippen LogP contribution in [0.5, 0.6) is 11.5 Å². The number of phenolic OH excluding ortho intramolecular Hbond substituents is 1. The van der Waals surface area contributed by atoms with E-state index in [9.17, 15) is 5.11 Å². The fraction of sp³-hybridized carbons (Fsp3) is 0.333. The molecule has 0 unspecified atom stereocenters. The zero-order valence-electron chi connectivity index (χ0n) is 12.6. The second kappa shape index (κ2) is 12.4. The zero-order valence-corrected chi connectivity index (χ0v) is 15.6. The van der Waals surface area contributed by atoms with E-state index in [0.29, 0.717) is 19.0 Å². The number of nitrogens with one attached hydrogen (secondary N) is 1.